The Labute approximate surface area is 122 Å². The first kappa shape index (κ1) is 15.0. The summed E-state index contributed by atoms with van der Waals surface area (Å²) in [5.41, 5.74) is 1.87. The van der Waals surface area contributed by atoms with Crippen molar-refractivity contribution in [3.8, 4) is 6.07 Å². The van der Waals surface area contributed by atoms with Crippen LogP contribution in [0.25, 0.3) is 0 Å². The molecule has 1 saturated heterocycles. The highest BCUT2D eigenvalue weighted by molar-refractivity contribution is 5.37. The summed E-state index contributed by atoms with van der Waals surface area (Å²) in [6, 6.07) is 10.0. The normalized spacial score (nSPS) is 17.0. The molecule has 0 radical (unpaired) electrons. The van der Waals surface area contributed by atoms with Gasteiger partial charge >= 0.3 is 0 Å². The first-order valence-electron chi connectivity index (χ1n) is 7.39. The van der Waals surface area contributed by atoms with E-state index in [2.05, 4.69) is 28.2 Å². The van der Waals surface area contributed by atoms with E-state index in [1.165, 1.54) is 39.1 Å². The lowest BCUT2D eigenvalue weighted by Gasteiger charge is -2.32. The highest BCUT2D eigenvalue weighted by atomic mass is 15.2. The molecule has 0 unspecified atom stereocenters. The van der Waals surface area contributed by atoms with Gasteiger partial charge in [-0.2, -0.15) is 5.26 Å². The van der Waals surface area contributed by atoms with E-state index in [1.54, 1.807) is 0 Å². The fourth-order valence-corrected chi connectivity index (χ4v) is 2.51. The number of benzene rings is 1. The van der Waals surface area contributed by atoms with Crippen molar-refractivity contribution >= 4 is 0 Å². The topological polar surface area (TPSA) is 42.3 Å². The monoisotopic (exact) mass is 272 g/mol. The van der Waals surface area contributed by atoms with Crippen molar-refractivity contribution in [1.29, 1.82) is 5.26 Å². The van der Waals surface area contributed by atoms with Crippen LogP contribution in [0.2, 0.25) is 0 Å². The number of nitrogens with one attached hydrogen (secondary N) is 1. The van der Waals surface area contributed by atoms with Crippen LogP contribution in [0.4, 0.5) is 0 Å². The Kier molecular flexibility index (Phi) is 6.00. The summed E-state index contributed by atoms with van der Waals surface area (Å²) in [6.45, 7) is 7.70. The lowest BCUT2D eigenvalue weighted by molar-refractivity contribution is 0.153. The Morgan fingerprint density at radius 3 is 2.70 bits per heavy atom. The Morgan fingerprint density at radius 2 is 1.95 bits per heavy atom. The molecule has 1 fully saturated rings. The first-order chi connectivity index (χ1) is 9.79. The van der Waals surface area contributed by atoms with Crippen molar-refractivity contribution in [2.75, 3.05) is 46.3 Å². The second-order valence-electron chi connectivity index (χ2n) is 5.44. The zero-order chi connectivity index (χ0) is 14.2. The largest absolute Gasteiger partial charge is 0.313 e. The van der Waals surface area contributed by atoms with Crippen molar-refractivity contribution in [2.45, 2.75) is 13.0 Å². The van der Waals surface area contributed by atoms with Gasteiger partial charge in [0.25, 0.3) is 0 Å². The van der Waals surface area contributed by atoms with E-state index in [1.807, 2.05) is 24.3 Å². The summed E-state index contributed by atoms with van der Waals surface area (Å²) in [4.78, 5) is 4.92. The van der Waals surface area contributed by atoms with Gasteiger partial charge < -0.3 is 15.1 Å². The quantitative estimate of drug-likeness (QED) is 0.792. The number of piperazine rings is 1. The third-order valence-electron chi connectivity index (χ3n) is 3.88. The minimum absolute atomic E-state index is 0.777. The standard InChI is InChI=1S/C16H24N4/c1-19-9-11-20(12-10-19)8-4-7-18-14-16-6-3-2-5-15(16)13-17/h2-3,5-6,18H,4,7-12,14H2,1H3. The maximum atomic E-state index is 9.02. The Balaban J connectivity index is 1.61. The average Bonchev–Trinajstić information content (AvgIpc) is 2.49. The van der Waals surface area contributed by atoms with E-state index in [0.717, 1.165) is 24.2 Å². The fraction of sp³-hybridized carbons (Fsp3) is 0.562. The molecule has 4 heteroatoms. The van der Waals surface area contributed by atoms with E-state index in [-0.39, 0.29) is 0 Å². The Morgan fingerprint density at radius 1 is 1.20 bits per heavy atom. The number of likely N-dealkylation sites (N-methyl/N-ethyl adjacent to an activating group) is 1. The lowest BCUT2D eigenvalue weighted by atomic mass is 10.1. The van der Waals surface area contributed by atoms with Gasteiger partial charge in [0.05, 0.1) is 11.6 Å². The fourth-order valence-electron chi connectivity index (χ4n) is 2.51. The minimum Gasteiger partial charge on any atom is -0.313 e. The molecule has 1 N–H and O–H groups in total. The van der Waals surface area contributed by atoms with Gasteiger partial charge in [-0.1, -0.05) is 18.2 Å². The van der Waals surface area contributed by atoms with Gasteiger partial charge in [-0.05, 0) is 38.2 Å². The average molecular weight is 272 g/mol. The van der Waals surface area contributed by atoms with Crippen molar-refractivity contribution in [1.82, 2.24) is 15.1 Å². The van der Waals surface area contributed by atoms with E-state index >= 15 is 0 Å². The molecule has 1 aliphatic heterocycles. The minimum atomic E-state index is 0.777. The van der Waals surface area contributed by atoms with Crippen LogP contribution in [-0.4, -0.2) is 56.1 Å². The predicted octanol–water partition coefficient (Wildman–Crippen LogP) is 1.29. The molecule has 0 amide bonds. The SMILES string of the molecule is CN1CCN(CCCNCc2ccccc2C#N)CC1. The second kappa shape index (κ2) is 8.01. The van der Waals surface area contributed by atoms with Crippen LogP contribution in [0.1, 0.15) is 17.5 Å². The molecule has 20 heavy (non-hydrogen) atoms. The molecule has 1 heterocycles. The highest BCUT2D eigenvalue weighted by Gasteiger charge is 2.12. The molecular formula is C16H24N4. The molecule has 0 saturated carbocycles. The second-order valence-corrected chi connectivity index (χ2v) is 5.44. The summed E-state index contributed by atoms with van der Waals surface area (Å²) >= 11 is 0. The Hall–Kier alpha value is -1.41. The van der Waals surface area contributed by atoms with Gasteiger partial charge in [0.1, 0.15) is 0 Å². The van der Waals surface area contributed by atoms with Gasteiger partial charge in [-0.25, -0.2) is 0 Å². The molecule has 4 nitrogen and oxygen atoms in total. The number of hydrogen-bond acceptors (Lipinski definition) is 4. The van der Waals surface area contributed by atoms with Gasteiger partial charge in [0, 0.05) is 32.7 Å². The molecule has 108 valence electrons. The number of nitrogens with zero attached hydrogens (tertiary/aromatic N) is 3. The molecule has 0 bridgehead atoms. The van der Waals surface area contributed by atoms with Crippen LogP contribution < -0.4 is 5.32 Å². The number of nitriles is 1. The van der Waals surface area contributed by atoms with E-state index in [9.17, 15) is 0 Å². The third kappa shape index (κ3) is 4.61. The molecule has 0 aliphatic carbocycles. The zero-order valence-electron chi connectivity index (χ0n) is 12.3. The van der Waals surface area contributed by atoms with Crippen molar-refractivity contribution < 1.29 is 0 Å². The third-order valence-corrected chi connectivity index (χ3v) is 3.88. The van der Waals surface area contributed by atoms with Crippen LogP contribution in [0.5, 0.6) is 0 Å². The Bertz CT molecular complexity index is 444. The van der Waals surface area contributed by atoms with E-state index in [4.69, 9.17) is 5.26 Å². The molecule has 2 rings (SSSR count). The van der Waals surface area contributed by atoms with Crippen LogP contribution in [0, 0.1) is 11.3 Å². The first-order valence-corrected chi connectivity index (χ1v) is 7.39. The lowest BCUT2D eigenvalue weighted by Crippen LogP contribution is -2.45. The van der Waals surface area contributed by atoms with Gasteiger partial charge in [0.15, 0.2) is 0 Å². The van der Waals surface area contributed by atoms with Crippen LogP contribution >= 0.6 is 0 Å². The molecule has 1 aromatic rings. The highest BCUT2D eigenvalue weighted by Crippen LogP contribution is 2.06. The van der Waals surface area contributed by atoms with Crippen molar-refractivity contribution in [3.05, 3.63) is 35.4 Å². The zero-order valence-corrected chi connectivity index (χ0v) is 12.3. The summed E-state index contributed by atoms with van der Waals surface area (Å²) in [5, 5.41) is 12.5. The molecular weight excluding hydrogens is 248 g/mol. The molecule has 0 spiro atoms. The van der Waals surface area contributed by atoms with Gasteiger partial charge in [0.2, 0.25) is 0 Å². The van der Waals surface area contributed by atoms with E-state index < -0.39 is 0 Å². The smallest absolute Gasteiger partial charge is 0.0995 e. The number of rotatable bonds is 6. The van der Waals surface area contributed by atoms with Crippen molar-refractivity contribution in [3.63, 3.8) is 0 Å². The van der Waals surface area contributed by atoms with Crippen molar-refractivity contribution in [2.24, 2.45) is 0 Å². The van der Waals surface area contributed by atoms with Crippen LogP contribution in [0.3, 0.4) is 0 Å². The summed E-state index contributed by atoms with van der Waals surface area (Å²) in [7, 11) is 2.19. The maximum absolute atomic E-state index is 9.02. The van der Waals surface area contributed by atoms with Gasteiger partial charge in [-0.15, -0.1) is 0 Å². The van der Waals surface area contributed by atoms with E-state index in [0.29, 0.717) is 0 Å². The number of hydrogen-bond donors (Lipinski definition) is 1. The van der Waals surface area contributed by atoms with Gasteiger partial charge in [-0.3, -0.25) is 0 Å². The molecule has 1 aromatic carbocycles. The maximum Gasteiger partial charge on any atom is 0.0995 e. The molecule has 1 aliphatic rings. The van der Waals surface area contributed by atoms with Crippen LogP contribution in [0.15, 0.2) is 24.3 Å². The predicted molar refractivity (Wildman–Crippen MR) is 81.4 cm³/mol. The van der Waals surface area contributed by atoms with Crippen LogP contribution in [-0.2, 0) is 6.54 Å². The molecule has 0 atom stereocenters. The molecule has 0 aromatic heterocycles. The summed E-state index contributed by atoms with van der Waals surface area (Å²) in [6.07, 6.45) is 1.17. The summed E-state index contributed by atoms with van der Waals surface area (Å²) < 4.78 is 0. The summed E-state index contributed by atoms with van der Waals surface area (Å²) in [5.74, 6) is 0.